The van der Waals surface area contributed by atoms with E-state index >= 15 is 0 Å². The maximum Gasteiger partial charge on any atom is 0.147 e. The van der Waals surface area contributed by atoms with Gasteiger partial charge in [0, 0.05) is 19.0 Å². The Labute approximate surface area is 107 Å². The summed E-state index contributed by atoms with van der Waals surface area (Å²) in [5.41, 5.74) is 2.54. The molecule has 0 spiro atoms. The van der Waals surface area contributed by atoms with E-state index in [2.05, 4.69) is 17.6 Å². The molecule has 0 radical (unpaired) electrons. The molecular weight excluding hydrogens is 222 g/mol. The number of aromatic nitrogens is 1. The van der Waals surface area contributed by atoms with E-state index in [4.69, 9.17) is 0 Å². The van der Waals surface area contributed by atoms with Crippen molar-refractivity contribution in [2.75, 3.05) is 18.5 Å². The van der Waals surface area contributed by atoms with Crippen LogP contribution in [0.2, 0.25) is 0 Å². The molecule has 0 saturated heterocycles. The molecule has 3 heteroatoms. The zero-order valence-corrected chi connectivity index (χ0v) is 10.6. The van der Waals surface area contributed by atoms with Gasteiger partial charge in [0.05, 0.1) is 11.1 Å². The molecule has 0 saturated carbocycles. The average molecular weight is 237 g/mol. The van der Waals surface area contributed by atoms with Crippen molar-refractivity contribution in [3.05, 3.63) is 48.0 Å². The molecule has 0 fully saturated rings. The zero-order chi connectivity index (χ0) is 13.1. The molecule has 2 aromatic rings. The van der Waals surface area contributed by atoms with Gasteiger partial charge in [-0.3, -0.25) is 0 Å². The minimum Gasteiger partial charge on any atom is -0.355 e. The van der Waals surface area contributed by atoms with E-state index < -0.39 is 0 Å². The Morgan fingerprint density at radius 2 is 2.17 bits per heavy atom. The summed E-state index contributed by atoms with van der Waals surface area (Å²) >= 11 is 0. The van der Waals surface area contributed by atoms with E-state index in [1.54, 1.807) is 0 Å². The van der Waals surface area contributed by atoms with Crippen molar-refractivity contribution in [3.8, 4) is 6.07 Å². The van der Waals surface area contributed by atoms with E-state index in [-0.39, 0.29) is 0 Å². The molecule has 0 amide bonds. The lowest BCUT2D eigenvalue weighted by atomic mass is 10.1. The molecular formula is C15H15N3. The van der Waals surface area contributed by atoms with Gasteiger partial charge in [0.1, 0.15) is 11.9 Å². The Bertz CT molecular complexity index is 638. The highest BCUT2D eigenvalue weighted by molar-refractivity contribution is 5.83. The summed E-state index contributed by atoms with van der Waals surface area (Å²) in [5.74, 6) is 0.708. The number of hydrogen-bond acceptors (Lipinski definition) is 3. The normalized spacial score (nSPS) is 10.1. The number of nitriles is 1. The summed E-state index contributed by atoms with van der Waals surface area (Å²) in [4.78, 5) is 6.51. The van der Waals surface area contributed by atoms with Crippen molar-refractivity contribution in [2.45, 2.75) is 6.92 Å². The third-order valence-electron chi connectivity index (χ3n) is 2.69. The van der Waals surface area contributed by atoms with Gasteiger partial charge in [-0.05, 0) is 19.1 Å². The Morgan fingerprint density at radius 3 is 2.83 bits per heavy atom. The fourth-order valence-corrected chi connectivity index (χ4v) is 1.96. The highest BCUT2D eigenvalue weighted by Gasteiger charge is 2.10. The SMILES string of the molecule is C=C(C)CN(C)c1nc2ccccc2cc1C#N. The van der Waals surface area contributed by atoms with E-state index in [1.807, 2.05) is 49.2 Å². The van der Waals surface area contributed by atoms with Gasteiger partial charge in [-0.25, -0.2) is 4.98 Å². The smallest absolute Gasteiger partial charge is 0.147 e. The molecule has 0 aliphatic rings. The fourth-order valence-electron chi connectivity index (χ4n) is 1.96. The number of hydrogen-bond donors (Lipinski definition) is 0. The predicted molar refractivity (Wildman–Crippen MR) is 74.5 cm³/mol. The molecule has 18 heavy (non-hydrogen) atoms. The zero-order valence-electron chi connectivity index (χ0n) is 10.6. The maximum atomic E-state index is 9.22. The van der Waals surface area contributed by atoms with Crippen molar-refractivity contribution < 1.29 is 0 Å². The topological polar surface area (TPSA) is 39.9 Å². The van der Waals surface area contributed by atoms with Crippen molar-refractivity contribution in [2.24, 2.45) is 0 Å². The lowest BCUT2D eigenvalue weighted by Gasteiger charge is -2.19. The summed E-state index contributed by atoms with van der Waals surface area (Å²) < 4.78 is 0. The standard InChI is InChI=1S/C15H15N3/c1-11(2)10-18(3)15-13(9-16)8-12-6-4-5-7-14(12)17-15/h4-8H,1,10H2,2-3H3. The van der Waals surface area contributed by atoms with Crippen LogP contribution >= 0.6 is 0 Å². The molecule has 0 atom stereocenters. The average Bonchev–Trinajstić information content (AvgIpc) is 2.36. The fraction of sp³-hybridized carbons (Fsp3) is 0.200. The summed E-state index contributed by atoms with van der Waals surface area (Å²) in [5, 5.41) is 10.2. The monoisotopic (exact) mass is 237 g/mol. The minimum atomic E-state index is 0.595. The first-order valence-electron chi connectivity index (χ1n) is 5.77. The van der Waals surface area contributed by atoms with Crippen LogP contribution in [0.1, 0.15) is 12.5 Å². The number of anilines is 1. The third-order valence-corrected chi connectivity index (χ3v) is 2.69. The molecule has 0 aliphatic carbocycles. The molecule has 0 unspecified atom stereocenters. The molecule has 2 rings (SSSR count). The van der Waals surface area contributed by atoms with Gasteiger partial charge in [-0.1, -0.05) is 30.4 Å². The number of rotatable bonds is 3. The molecule has 3 nitrogen and oxygen atoms in total. The second-order valence-corrected chi connectivity index (χ2v) is 4.48. The molecule has 90 valence electrons. The molecule has 0 aliphatic heterocycles. The number of likely N-dealkylation sites (N-methyl/N-ethyl adjacent to an activating group) is 1. The molecule has 1 heterocycles. The van der Waals surface area contributed by atoms with E-state index in [0.717, 1.165) is 16.5 Å². The third kappa shape index (κ3) is 2.33. The Morgan fingerprint density at radius 1 is 1.44 bits per heavy atom. The number of fused-ring (bicyclic) bond motifs is 1. The van der Waals surface area contributed by atoms with Crippen LogP contribution in [-0.4, -0.2) is 18.6 Å². The van der Waals surface area contributed by atoms with Crippen LogP contribution in [0.3, 0.4) is 0 Å². The first-order valence-corrected chi connectivity index (χ1v) is 5.77. The van der Waals surface area contributed by atoms with Gasteiger partial charge in [0.2, 0.25) is 0 Å². The van der Waals surface area contributed by atoms with Gasteiger partial charge in [0.25, 0.3) is 0 Å². The number of benzene rings is 1. The predicted octanol–water partition coefficient (Wildman–Crippen LogP) is 3.12. The lowest BCUT2D eigenvalue weighted by molar-refractivity contribution is 0.957. The van der Waals surface area contributed by atoms with Gasteiger partial charge in [0.15, 0.2) is 0 Å². The van der Waals surface area contributed by atoms with Crippen LogP contribution in [-0.2, 0) is 0 Å². The highest BCUT2D eigenvalue weighted by Crippen LogP contribution is 2.22. The largest absolute Gasteiger partial charge is 0.355 e. The van der Waals surface area contributed by atoms with Crippen molar-refractivity contribution in [3.63, 3.8) is 0 Å². The lowest BCUT2D eigenvalue weighted by Crippen LogP contribution is -2.21. The second kappa shape index (κ2) is 4.89. The van der Waals surface area contributed by atoms with Gasteiger partial charge in [-0.2, -0.15) is 5.26 Å². The molecule has 0 N–H and O–H groups in total. The van der Waals surface area contributed by atoms with Gasteiger partial charge >= 0.3 is 0 Å². The van der Waals surface area contributed by atoms with Crippen LogP contribution in [0.4, 0.5) is 5.82 Å². The number of para-hydroxylation sites is 1. The Balaban J connectivity index is 2.55. The summed E-state index contributed by atoms with van der Waals surface area (Å²) in [7, 11) is 1.92. The first-order chi connectivity index (χ1) is 8.61. The van der Waals surface area contributed by atoms with Crippen molar-refractivity contribution >= 4 is 16.7 Å². The highest BCUT2D eigenvalue weighted by atomic mass is 15.2. The van der Waals surface area contributed by atoms with Crippen molar-refractivity contribution in [1.82, 2.24) is 4.98 Å². The van der Waals surface area contributed by atoms with E-state index in [1.165, 1.54) is 0 Å². The Kier molecular flexibility index (Phi) is 3.29. The summed E-state index contributed by atoms with van der Waals surface area (Å²) in [6.45, 7) is 6.54. The van der Waals surface area contributed by atoms with E-state index in [9.17, 15) is 5.26 Å². The summed E-state index contributed by atoms with van der Waals surface area (Å²) in [6, 6.07) is 11.9. The van der Waals surface area contributed by atoms with Gasteiger partial charge in [-0.15, -0.1) is 0 Å². The second-order valence-electron chi connectivity index (χ2n) is 4.48. The molecule has 0 bridgehead atoms. The van der Waals surface area contributed by atoms with Crippen LogP contribution in [0, 0.1) is 11.3 Å². The Hall–Kier alpha value is -2.34. The van der Waals surface area contributed by atoms with Crippen LogP contribution in [0.15, 0.2) is 42.5 Å². The molecule has 1 aromatic carbocycles. The van der Waals surface area contributed by atoms with Gasteiger partial charge < -0.3 is 4.90 Å². The van der Waals surface area contributed by atoms with Crippen LogP contribution < -0.4 is 4.90 Å². The van der Waals surface area contributed by atoms with Crippen LogP contribution in [0.25, 0.3) is 10.9 Å². The quantitative estimate of drug-likeness (QED) is 0.770. The number of nitrogens with zero attached hydrogens (tertiary/aromatic N) is 3. The first kappa shape index (κ1) is 12.1. The number of pyridine rings is 1. The molecule has 1 aromatic heterocycles. The van der Waals surface area contributed by atoms with Crippen molar-refractivity contribution in [1.29, 1.82) is 5.26 Å². The van der Waals surface area contributed by atoms with Crippen LogP contribution in [0.5, 0.6) is 0 Å². The minimum absolute atomic E-state index is 0.595. The summed E-state index contributed by atoms with van der Waals surface area (Å²) in [6.07, 6.45) is 0. The maximum absolute atomic E-state index is 9.22. The van der Waals surface area contributed by atoms with E-state index in [0.29, 0.717) is 17.9 Å².